The molecule has 0 radical (unpaired) electrons. The second kappa shape index (κ2) is 4.44. The molecule has 3 aromatic rings. The van der Waals surface area contributed by atoms with E-state index < -0.39 is 5.97 Å². The summed E-state index contributed by atoms with van der Waals surface area (Å²) < 4.78 is 0. The number of H-pyrrole nitrogens is 1. The topological polar surface area (TPSA) is 82.1 Å². The minimum Gasteiger partial charge on any atom is -0.481 e. The van der Waals surface area contributed by atoms with Gasteiger partial charge in [-0.25, -0.2) is 9.97 Å². The predicted molar refractivity (Wildman–Crippen MR) is 79.4 cm³/mol. The molecule has 21 heavy (non-hydrogen) atoms. The summed E-state index contributed by atoms with van der Waals surface area (Å²) in [5.41, 5.74) is 2.71. The van der Waals surface area contributed by atoms with Gasteiger partial charge in [0.25, 0.3) is 0 Å². The fourth-order valence-corrected chi connectivity index (χ4v) is 3.08. The average molecular weight is 282 g/mol. The molecule has 0 amide bonds. The summed E-state index contributed by atoms with van der Waals surface area (Å²) in [7, 11) is 0. The number of pyridine rings is 2. The van der Waals surface area contributed by atoms with Crippen LogP contribution in [0.2, 0.25) is 0 Å². The van der Waals surface area contributed by atoms with Crippen LogP contribution >= 0.6 is 0 Å². The van der Waals surface area contributed by atoms with Crippen molar-refractivity contribution in [2.24, 2.45) is 5.92 Å². The number of hydrogen-bond acceptors (Lipinski definition) is 4. The lowest BCUT2D eigenvalue weighted by Gasteiger charge is -2.20. The van der Waals surface area contributed by atoms with Gasteiger partial charge >= 0.3 is 5.97 Å². The largest absolute Gasteiger partial charge is 0.481 e. The Bertz CT molecular complexity index is 842. The Labute approximate surface area is 120 Å². The van der Waals surface area contributed by atoms with Crippen LogP contribution in [0.15, 0.2) is 30.7 Å². The van der Waals surface area contributed by atoms with Crippen molar-refractivity contribution in [1.29, 1.82) is 0 Å². The van der Waals surface area contributed by atoms with Gasteiger partial charge in [-0.15, -0.1) is 0 Å². The quantitative estimate of drug-likeness (QED) is 0.751. The lowest BCUT2D eigenvalue weighted by Crippen LogP contribution is -2.22. The minimum absolute atomic E-state index is 0.292. The molecule has 106 valence electrons. The normalized spacial score (nSPS) is 18.7. The fraction of sp³-hybridized carbons (Fsp3) is 0.267. The molecule has 1 unspecified atom stereocenters. The van der Waals surface area contributed by atoms with Crippen molar-refractivity contribution < 1.29 is 9.90 Å². The van der Waals surface area contributed by atoms with Crippen molar-refractivity contribution in [3.8, 4) is 0 Å². The average Bonchev–Trinajstić information content (AvgIpc) is 3.15. The summed E-state index contributed by atoms with van der Waals surface area (Å²) >= 11 is 0. The molecule has 0 aliphatic carbocycles. The molecule has 6 nitrogen and oxygen atoms in total. The maximum absolute atomic E-state index is 11.2. The number of nitrogens with zero attached hydrogens (tertiary/aromatic N) is 3. The maximum Gasteiger partial charge on any atom is 0.308 e. The Balaban J connectivity index is 1.89. The second-order valence-corrected chi connectivity index (χ2v) is 5.36. The first kappa shape index (κ1) is 12.1. The Kier molecular flexibility index (Phi) is 2.57. The third-order valence-corrected chi connectivity index (χ3v) is 4.15. The molecule has 4 rings (SSSR count). The highest BCUT2D eigenvalue weighted by molar-refractivity contribution is 6.10. The summed E-state index contributed by atoms with van der Waals surface area (Å²) in [6.07, 6.45) is 6.08. The van der Waals surface area contributed by atoms with E-state index in [-0.39, 0.29) is 5.92 Å². The lowest BCUT2D eigenvalue weighted by molar-refractivity contribution is -0.140. The first-order valence-electron chi connectivity index (χ1n) is 6.92. The number of carboxylic acid groups (broad SMARTS) is 1. The summed E-state index contributed by atoms with van der Waals surface area (Å²) in [6.45, 7) is 1.31. The van der Waals surface area contributed by atoms with E-state index in [2.05, 4.69) is 19.9 Å². The van der Waals surface area contributed by atoms with Crippen molar-refractivity contribution in [2.45, 2.75) is 6.42 Å². The molecule has 0 saturated carbocycles. The molecule has 1 aliphatic heterocycles. The number of anilines is 1. The Hall–Kier alpha value is -2.63. The molecule has 4 heterocycles. The first-order chi connectivity index (χ1) is 10.2. The van der Waals surface area contributed by atoms with E-state index >= 15 is 0 Å². The van der Waals surface area contributed by atoms with Gasteiger partial charge in [0, 0.05) is 41.9 Å². The number of carbonyl (C=O) groups is 1. The number of nitrogens with one attached hydrogen (secondary N) is 1. The van der Waals surface area contributed by atoms with Crippen LogP contribution in [0.4, 0.5) is 5.69 Å². The van der Waals surface area contributed by atoms with E-state index in [1.165, 1.54) is 0 Å². The number of carboxylic acids is 1. The minimum atomic E-state index is -0.717. The zero-order chi connectivity index (χ0) is 14.4. The van der Waals surface area contributed by atoms with Crippen LogP contribution in [0.5, 0.6) is 0 Å². The van der Waals surface area contributed by atoms with Crippen molar-refractivity contribution in [3.05, 3.63) is 30.7 Å². The van der Waals surface area contributed by atoms with Gasteiger partial charge in [-0.05, 0) is 18.6 Å². The van der Waals surface area contributed by atoms with Crippen LogP contribution in [-0.4, -0.2) is 39.1 Å². The molecule has 1 aliphatic rings. The van der Waals surface area contributed by atoms with E-state index in [1.54, 1.807) is 12.4 Å². The molecule has 3 aromatic heterocycles. The molecule has 1 saturated heterocycles. The highest BCUT2D eigenvalue weighted by atomic mass is 16.4. The molecule has 0 aromatic carbocycles. The van der Waals surface area contributed by atoms with Gasteiger partial charge in [-0.2, -0.15) is 0 Å². The van der Waals surface area contributed by atoms with Crippen LogP contribution in [0.25, 0.3) is 21.9 Å². The maximum atomic E-state index is 11.2. The van der Waals surface area contributed by atoms with Crippen LogP contribution < -0.4 is 4.90 Å². The third kappa shape index (κ3) is 1.83. The molecular formula is C15H14N4O2. The standard InChI is InChI=1S/C15H14N4O2/c20-15(21)9-3-6-19(8-9)12-2-5-16-11-7-18-14-10(13(11)12)1-4-17-14/h1-2,4-5,7,9,16H,3,6,8H2,(H,20,21). The van der Waals surface area contributed by atoms with Crippen molar-refractivity contribution >= 4 is 33.6 Å². The predicted octanol–water partition coefficient (Wildman–Crippen LogP) is 2.02. The van der Waals surface area contributed by atoms with Crippen LogP contribution in [0.1, 0.15) is 6.42 Å². The summed E-state index contributed by atoms with van der Waals surface area (Å²) in [6, 6.07) is 3.95. The Morgan fingerprint density at radius 3 is 3.10 bits per heavy atom. The third-order valence-electron chi connectivity index (χ3n) is 4.15. The summed E-state index contributed by atoms with van der Waals surface area (Å²) in [4.78, 5) is 25.1. The lowest BCUT2D eigenvalue weighted by atomic mass is 10.1. The van der Waals surface area contributed by atoms with Gasteiger partial charge in [-0.1, -0.05) is 0 Å². The first-order valence-corrected chi connectivity index (χ1v) is 6.92. The molecule has 0 bridgehead atoms. The van der Waals surface area contributed by atoms with Gasteiger partial charge in [0.1, 0.15) is 0 Å². The number of aliphatic carboxylic acids is 1. The van der Waals surface area contributed by atoms with Crippen LogP contribution in [-0.2, 0) is 4.79 Å². The number of hydrogen-bond donors (Lipinski definition) is 2. The highest BCUT2D eigenvalue weighted by Gasteiger charge is 2.29. The molecule has 6 heteroatoms. The Morgan fingerprint density at radius 1 is 1.38 bits per heavy atom. The van der Waals surface area contributed by atoms with E-state index in [9.17, 15) is 9.90 Å². The summed E-state index contributed by atoms with van der Waals surface area (Å²) in [5, 5.41) is 11.2. The van der Waals surface area contributed by atoms with Crippen LogP contribution in [0.3, 0.4) is 0 Å². The molecular weight excluding hydrogens is 268 g/mol. The number of fused-ring (bicyclic) bond motifs is 3. The van der Waals surface area contributed by atoms with Gasteiger partial charge in [0.2, 0.25) is 0 Å². The van der Waals surface area contributed by atoms with E-state index in [1.807, 2.05) is 18.3 Å². The molecule has 1 fully saturated rings. The van der Waals surface area contributed by atoms with Crippen molar-refractivity contribution in [2.75, 3.05) is 18.0 Å². The van der Waals surface area contributed by atoms with E-state index in [0.29, 0.717) is 13.0 Å². The molecule has 2 N–H and O–H groups in total. The number of rotatable bonds is 2. The van der Waals surface area contributed by atoms with E-state index in [4.69, 9.17) is 0 Å². The van der Waals surface area contributed by atoms with Gasteiger partial charge in [0.05, 0.1) is 17.6 Å². The molecule has 0 spiro atoms. The highest BCUT2D eigenvalue weighted by Crippen LogP contribution is 2.33. The number of aromatic amines is 1. The van der Waals surface area contributed by atoms with E-state index in [0.717, 1.165) is 34.2 Å². The molecule has 1 atom stereocenters. The fourth-order valence-electron chi connectivity index (χ4n) is 3.08. The van der Waals surface area contributed by atoms with Crippen LogP contribution in [0, 0.1) is 5.92 Å². The van der Waals surface area contributed by atoms with Crippen molar-refractivity contribution in [1.82, 2.24) is 15.0 Å². The summed E-state index contributed by atoms with van der Waals surface area (Å²) in [5.74, 6) is -1.01. The van der Waals surface area contributed by atoms with Crippen molar-refractivity contribution in [3.63, 3.8) is 0 Å². The SMILES string of the molecule is O=C(O)C1CCN(c2cc[nH]c3cnc4nccc4c23)C1. The number of aromatic nitrogens is 3. The van der Waals surface area contributed by atoms with Gasteiger partial charge < -0.3 is 15.0 Å². The smallest absolute Gasteiger partial charge is 0.308 e. The van der Waals surface area contributed by atoms with Gasteiger partial charge in [-0.3, -0.25) is 4.79 Å². The monoisotopic (exact) mass is 282 g/mol. The van der Waals surface area contributed by atoms with Gasteiger partial charge in [0.15, 0.2) is 5.65 Å². The second-order valence-electron chi connectivity index (χ2n) is 5.36. The Morgan fingerprint density at radius 2 is 2.29 bits per heavy atom. The zero-order valence-corrected chi connectivity index (χ0v) is 11.3. The zero-order valence-electron chi connectivity index (χ0n) is 11.3.